The summed E-state index contributed by atoms with van der Waals surface area (Å²) in [5.74, 6) is -0.239. The van der Waals surface area contributed by atoms with Crippen molar-refractivity contribution in [3.05, 3.63) is 66.6 Å². The van der Waals surface area contributed by atoms with E-state index in [0.717, 1.165) is 22.7 Å². The molecule has 0 radical (unpaired) electrons. The second-order valence-corrected chi connectivity index (χ2v) is 9.34. The number of nitrogens with one attached hydrogen (secondary N) is 1. The molecule has 0 bridgehead atoms. The van der Waals surface area contributed by atoms with E-state index in [1.165, 1.54) is 18.2 Å². The van der Waals surface area contributed by atoms with Crippen molar-refractivity contribution in [1.29, 1.82) is 0 Å². The van der Waals surface area contributed by atoms with Gasteiger partial charge in [-0.2, -0.15) is 0 Å². The summed E-state index contributed by atoms with van der Waals surface area (Å²) in [5, 5.41) is 1.01. The summed E-state index contributed by atoms with van der Waals surface area (Å²) in [7, 11) is -4.00. The molecule has 1 aliphatic rings. The Morgan fingerprint density at radius 2 is 1.84 bits per heavy atom. The number of benzene rings is 2. The van der Waals surface area contributed by atoms with Crippen molar-refractivity contribution in [2.45, 2.75) is 30.3 Å². The molecule has 9 heteroatoms. The summed E-state index contributed by atoms with van der Waals surface area (Å²) in [6, 6.07) is 14.8. The number of amides is 1. The molecule has 0 spiro atoms. The average molecular weight is 458 g/mol. The van der Waals surface area contributed by atoms with Gasteiger partial charge in [0, 0.05) is 50.5 Å². The standard InChI is InChI=1S/C23H24FN3O4S/c24-19-7-1-2-9-21(19)32(29,30)26-14-10-22(28)27-15-11-18(12-16-27)31-20-8-3-5-17-6-4-13-25-23(17)20/h1-9,13,18,26H,10-12,14-16H2. The average Bonchev–Trinajstić information content (AvgIpc) is 2.80. The number of carbonyl (C=O) groups is 1. The van der Waals surface area contributed by atoms with E-state index in [2.05, 4.69) is 9.71 Å². The first-order chi connectivity index (χ1) is 15.4. The van der Waals surface area contributed by atoms with E-state index >= 15 is 0 Å². The van der Waals surface area contributed by atoms with Gasteiger partial charge in [0.1, 0.15) is 28.1 Å². The zero-order valence-corrected chi connectivity index (χ0v) is 18.2. The highest BCUT2D eigenvalue weighted by molar-refractivity contribution is 7.89. The Labute approximate surface area is 186 Å². The van der Waals surface area contributed by atoms with Crippen molar-refractivity contribution in [2.24, 2.45) is 0 Å². The van der Waals surface area contributed by atoms with E-state index in [1.807, 2.05) is 30.3 Å². The summed E-state index contributed by atoms with van der Waals surface area (Å²) in [6.45, 7) is 0.969. The van der Waals surface area contributed by atoms with Gasteiger partial charge in [-0.15, -0.1) is 0 Å². The molecule has 1 saturated heterocycles. The molecular weight excluding hydrogens is 433 g/mol. The number of para-hydroxylation sites is 1. The van der Waals surface area contributed by atoms with E-state index in [9.17, 15) is 17.6 Å². The van der Waals surface area contributed by atoms with Crippen LogP contribution in [0.3, 0.4) is 0 Å². The third-order valence-electron chi connectivity index (χ3n) is 5.44. The molecule has 2 heterocycles. The fraction of sp³-hybridized carbons (Fsp3) is 0.304. The van der Waals surface area contributed by atoms with Crippen molar-refractivity contribution in [3.63, 3.8) is 0 Å². The number of pyridine rings is 1. The van der Waals surface area contributed by atoms with Gasteiger partial charge in [0.2, 0.25) is 15.9 Å². The van der Waals surface area contributed by atoms with Crippen LogP contribution in [-0.2, 0) is 14.8 Å². The molecule has 0 unspecified atom stereocenters. The topological polar surface area (TPSA) is 88.6 Å². The fourth-order valence-electron chi connectivity index (χ4n) is 3.76. The van der Waals surface area contributed by atoms with Crippen LogP contribution in [0.15, 0.2) is 65.7 Å². The number of nitrogens with zero attached hydrogens (tertiary/aromatic N) is 2. The maximum Gasteiger partial charge on any atom is 0.243 e. The molecule has 3 aromatic rings. The van der Waals surface area contributed by atoms with Gasteiger partial charge in [-0.1, -0.05) is 30.3 Å². The number of halogens is 1. The zero-order chi connectivity index (χ0) is 22.6. The Morgan fingerprint density at radius 3 is 2.62 bits per heavy atom. The minimum Gasteiger partial charge on any atom is -0.488 e. The van der Waals surface area contributed by atoms with Gasteiger partial charge < -0.3 is 9.64 Å². The largest absolute Gasteiger partial charge is 0.488 e. The first kappa shape index (κ1) is 22.2. The van der Waals surface area contributed by atoms with Crippen LogP contribution in [0.1, 0.15) is 19.3 Å². The first-order valence-corrected chi connectivity index (χ1v) is 11.9. The number of piperidine rings is 1. The number of fused-ring (bicyclic) bond motifs is 1. The Balaban J connectivity index is 1.26. The number of hydrogen-bond acceptors (Lipinski definition) is 5. The van der Waals surface area contributed by atoms with Crippen LogP contribution in [0.4, 0.5) is 4.39 Å². The van der Waals surface area contributed by atoms with Crippen LogP contribution in [-0.4, -0.2) is 49.9 Å². The molecule has 1 aromatic heterocycles. The van der Waals surface area contributed by atoms with E-state index in [1.54, 1.807) is 11.1 Å². The van der Waals surface area contributed by atoms with E-state index in [-0.39, 0.29) is 25.0 Å². The van der Waals surface area contributed by atoms with Gasteiger partial charge in [-0.25, -0.2) is 17.5 Å². The summed E-state index contributed by atoms with van der Waals surface area (Å²) >= 11 is 0. The molecule has 1 fully saturated rings. The smallest absolute Gasteiger partial charge is 0.243 e. The highest BCUT2D eigenvalue weighted by Gasteiger charge is 2.25. The lowest BCUT2D eigenvalue weighted by atomic mass is 10.1. The predicted molar refractivity (Wildman–Crippen MR) is 118 cm³/mol. The lowest BCUT2D eigenvalue weighted by molar-refractivity contribution is -0.132. The monoisotopic (exact) mass is 457 g/mol. The molecular formula is C23H24FN3O4S. The van der Waals surface area contributed by atoms with Crippen molar-refractivity contribution in [3.8, 4) is 5.75 Å². The second-order valence-electron chi connectivity index (χ2n) is 7.61. The SMILES string of the molecule is O=C(CCNS(=O)(=O)c1ccccc1F)N1CCC(Oc2cccc3cccnc23)CC1. The third kappa shape index (κ3) is 5.05. The van der Waals surface area contributed by atoms with Gasteiger partial charge in [-0.3, -0.25) is 9.78 Å². The maximum atomic E-state index is 13.7. The van der Waals surface area contributed by atoms with Gasteiger partial charge in [0.15, 0.2) is 0 Å². The summed E-state index contributed by atoms with van der Waals surface area (Å²) in [5.41, 5.74) is 0.815. The Hall–Kier alpha value is -3.04. The number of hydrogen-bond donors (Lipinski definition) is 1. The predicted octanol–water partition coefficient (Wildman–Crippen LogP) is 3.11. The molecule has 0 atom stereocenters. The van der Waals surface area contributed by atoms with Gasteiger partial charge in [0.05, 0.1) is 0 Å². The van der Waals surface area contributed by atoms with Crippen molar-refractivity contribution < 1.29 is 22.3 Å². The Morgan fingerprint density at radius 1 is 1.09 bits per heavy atom. The van der Waals surface area contributed by atoms with Crippen LogP contribution >= 0.6 is 0 Å². The minimum absolute atomic E-state index is 0.00640. The number of rotatable bonds is 7. The number of carbonyl (C=O) groups excluding carboxylic acids is 1. The maximum absolute atomic E-state index is 13.7. The van der Waals surface area contributed by atoms with Crippen molar-refractivity contribution in [1.82, 2.24) is 14.6 Å². The van der Waals surface area contributed by atoms with Crippen LogP contribution in [0, 0.1) is 5.82 Å². The van der Waals surface area contributed by atoms with Crippen molar-refractivity contribution in [2.75, 3.05) is 19.6 Å². The number of ether oxygens (including phenoxy) is 1. The Bertz CT molecular complexity index is 1210. The molecule has 0 aliphatic carbocycles. The summed E-state index contributed by atoms with van der Waals surface area (Å²) < 4.78 is 46.6. The van der Waals surface area contributed by atoms with Gasteiger partial charge >= 0.3 is 0 Å². The quantitative estimate of drug-likeness (QED) is 0.589. The fourth-order valence-corrected chi connectivity index (χ4v) is 4.87. The molecule has 1 N–H and O–H groups in total. The van der Waals surface area contributed by atoms with E-state index < -0.39 is 20.7 Å². The lowest BCUT2D eigenvalue weighted by Crippen LogP contribution is -2.42. The second kappa shape index (κ2) is 9.62. The lowest BCUT2D eigenvalue weighted by Gasteiger charge is -2.32. The molecule has 1 aliphatic heterocycles. The van der Waals surface area contributed by atoms with Crippen LogP contribution < -0.4 is 9.46 Å². The molecule has 2 aromatic carbocycles. The third-order valence-corrected chi connectivity index (χ3v) is 6.94. The number of sulfonamides is 1. The van der Waals surface area contributed by atoms with Crippen molar-refractivity contribution >= 4 is 26.8 Å². The van der Waals surface area contributed by atoms with E-state index in [4.69, 9.17) is 4.74 Å². The highest BCUT2D eigenvalue weighted by atomic mass is 32.2. The molecule has 168 valence electrons. The first-order valence-electron chi connectivity index (χ1n) is 10.5. The highest BCUT2D eigenvalue weighted by Crippen LogP contribution is 2.26. The number of likely N-dealkylation sites (tertiary alicyclic amines) is 1. The zero-order valence-electron chi connectivity index (χ0n) is 17.4. The molecule has 4 rings (SSSR count). The van der Waals surface area contributed by atoms with Crippen LogP contribution in [0.5, 0.6) is 5.75 Å². The Kier molecular flexibility index (Phi) is 6.66. The van der Waals surface area contributed by atoms with Gasteiger partial charge in [0.25, 0.3) is 0 Å². The summed E-state index contributed by atoms with van der Waals surface area (Å²) in [6.07, 6.45) is 3.07. The van der Waals surface area contributed by atoms with Crippen LogP contribution in [0.25, 0.3) is 10.9 Å². The molecule has 1 amide bonds. The number of aromatic nitrogens is 1. The summed E-state index contributed by atoms with van der Waals surface area (Å²) in [4.78, 5) is 18.2. The molecule has 32 heavy (non-hydrogen) atoms. The molecule has 7 nitrogen and oxygen atoms in total. The van der Waals surface area contributed by atoms with Crippen LogP contribution in [0.2, 0.25) is 0 Å². The minimum atomic E-state index is -4.00. The van der Waals surface area contributed by atoms with E-state index in [0.29, 0.717) is 25.9 Å². The molecule has 0 saturated carbocycles. The van der Waals surface area contributed by atoms with Gasteiger partial charge in [-0.05, 0) is 24.3 Å². The normalized spacial score (nSPS) is 15.1.